The molecule has 1 fully saturated rings. The van der Waals surface area contributed by atoms with Gasteiger partial charge in [-0.2, -0.15) is 4.37 Å². The maximum atomic E-state index is 9.51. The lowest BCUT2D eigenvalue weighted by atomic mass is 9.91. The van der Waals surface area contributed by atoms with Crippen LogP contribution < -0.4 is 5.32 Å². The molecule has 1 aromatic heterocycles. The molecule has 0 amide bonds. The van der Waals surface area contributed by atoms with Gasteiger partial charge in [0, 0.05) is 31.2 Å². The maximum absolute atomic E-state index is 9.51. The number of ether oxygens (including phenoxy) is 1. The highest BCUT2D eigenvalue weighted by Crippen LogP contribution is 2.26. The number of aliphatic hydroxyl groups excluding tert-OH is 1. The number of hydrogen-bond donors (Lipinski definition) is 2. The quantitative estimate of drug-likeness (QED) is 0.827. The molecule has 0 bridgehead atoms. The molecule has 0 spiro atoms. The molecule has 90 valence electrons. The molecule has 16 heavy (non-hydrogen) atoms. The highest BCUT2D eigenvalue weighted by Gasteiger charge is 2.32. The second-order valence-electron chi connectivity index (χ2n) is 4.05. The van der Waals surface area contributed by atoms with Gasteiger partial charge in [-0.15, -0.1) is 0 Å². The zero-order chi connectivity index (χ0) is 11.4. The summed E-state index contributed by atoms with van der Waals surface area (Å²) in [7, 11) is 0. The van der Waals surface area contributed by atoms with Gasteiger partial charge in [0.2, 0.25) is 5.13 Å². The lowest BCUT2D eigenvalue weighted by molar-refractivity contribution is 0.0380. The first kappa shape index (κ1) is 11.8. The summed E-state index contributed by atoms with van der Waals surface area (Å²) in [6, 6.07) is 0. The summed E-state index contributed by atoms with van der Waals surface area (Å²) >= 11 is 1.36. The number of aromatic nitrogens is 2. The third kappa shape index (κ3) is 2.50. The predicted octanol–water partition coefficient (Wildman–Crippen LogP) is 1.05. The summed E-state index contributed by atoms with van der Waals surface area (Å²) in [6.45, 7) is 3.51. The topological polar surface area (TPSA) is 67.3 Å². The minimum absolute atomic E-state index is 0.109. The number of rotatable bonds is 4. The van der Waals surface area contributed by atoms with E-state index in [0.717, 1.165) is 30.2 Å². The van der Waals surface area contributed by atoms with Gasteiger partial charge in [0.15, 0.2) is 0 Å². The van der Waals surface area contributed by atoms with Gasteiger partial charge < -0.3 is 15.2 Å². The Kier molecular flexibility index (Phi) is 3.73. The van der Waals surface area contributed by atoms with Crippen LogP contribution in [0.1, 0.15) is 25.6 Å². The van der Waals surface area contributed by atoms with Crippen molar-refractivity contribution >= 4 is 16.7 Å². The van der Waals surface area contributed by atoms with Crippen LogP contribution in [-0.4, -0.2) is 39.8 Å². The molecule has 2 N–H and O–H groups in total. The van der Waals surface area contributed by atoms with E-state index in [1.807, 2.05) is 6.92 Å². The molecule has 2 heterocycles. The van der Waals surface area contributed by atoms with Crippen molar-refractivity contribution < 1.29 is 9.84 Å². The normalized spacial score (nSPS) is 19.6. The van der Waals surface area contributed by atoms with E-state index in [0.29, 0.717) is 13.2 Å². The van der Waals surface area contributed by atoms with E-state index in [4.69, 9.17) is 4.74 Å². The van der Waals surface area contributed by atoms with Crippen LogP contribution in [0.5, 0.6) is 0 Å². The highest BCUT2D eigenvalue weighted by atomic mass is 32.1. The molecule has 0 saturated carbocycles. The van der Waals surface area contributed by atoms with E-state index >= 15 is 0 Å². The second-order valence-corrected chi connectivity index (χ2v) is 4.80. The molecule has 5 nitrogen and oxygen atoms in total. The Labute approximate surface area is 99.0 Å². The van der Waals surface area contributed by atoms with Gasteiger partial charge in [0.1, 0.15) is 5.82 Å². The van der Waals surface area contributed by atoms with Gasteiger partial charge in [-0.3, -0.25) is 0 Å². The van der Waals surface area contributed by atoms with E-state index < -0.39 is 0 Å². The summed E-state index contributed by atoms with van der Waals surface area (Å²) in [5.74, 6) is 0.854. The minimum atomic E-state index is -0.275. The van der Waals surface area contributed by atoms with Crippen molar-refractivity contribution in [1.29, 1.82) is 0 Å². The molecule has 1 aromatic rings. The first-order valence-corrected chi connectivity index (χ1v) is 6.35. The van der Waals surface area contributed by atoms with Crippen LogP contribution in [0.25, 0.3) is 0 Å². The molecule has 1 aliphatic rings. The molecular formula is C10H17N3O2S. The number of nitrogens with one attached hydrogen (secondary N) is 1. The second kappa shape index (κ2) is 5.07. The van der Waals surface area contributed by atoms with Gasteiger partial charge in [-0.05, 0) is 12.8 Å². The Balaban J connectivity index is 2.05. The molecule has 6 heteroatoms. The average Bonchev–Trinajstić information content (AvgIpc) is 2.78. The van der Waals surface area contributed by atoms with Gasteiger partial charge in [-0.25, -0.2) is 4.98 Å². The van der Waals surface area contributed by atoms with Gasteiger partial charge in [0.25, 0.3) is 0 Å². The molecule has 2 rings (SSSR count). The molecule has 1 aliphatic heterocycles. The van der Waals surface area contributed by atoms with Gasteiger partial charge >= 0.3 is 0 Å². The fraction of sp³-hybridized carbons (Fsp3) is 0.800. The number of nitrogens with zero attached hydrogens (tertiary/aromatic N) is 2. The molecule has 1 saturated heterocycles. The van der Waals surface area contributed by atoms with Crippen molar-refractivity contribution in [2.75, 3.05) is 25.1 Å². The smallest absolute Gasteiger partial charge is 0.203 e. The maximum Gasteiger partial charge on any atom is 0.203 e. The van der Waals surface area contributed by atoms with E-state index in [2.05, 4.69) is 14.7 Å². The summed E-state index contributed by atoms with van der Waals surface area (Å²) in [6.07, 6.45) is 2.46. The zero-order valence-electron chi connectivity index (χ0n) is 9.40. The lowest BCUT2D eigenvalue weighted by Crippen LogP contribution is -2.46. The van der Waals surface area contributed by atoms with Crippen LogP contribution in [0.3, 0.4) is 0 Å². The van der Waals surface area contributed by atoms with Crippen molar-refractivity contribution in [3.8, 4) is 0 Å². The van der Waals surface area contributed by atoms with E-state index in [9.17, 15) is 5.11 Å². The first-order valence-electron chi connectivity index (χ1n) is 5.57. The van der Waals surface area contributed by atoms with E-state index in [1.165, 1.54) is 11.5 Å². The molecule has 0 unspecified atom stereocenters. The zero-order valence-corrected chi connectivity index (χ0v) is 10.2. The Morgan fingerprint density at radius 3 is 2.81 bits per heavy atom. The predicted molar refractivity (Wildman–Crippen MR) is 62.8 cm³/mol. The van der Waals surface area contributed by atoms with Crippen molar-refractivity contribution in [1.82, 2.24) is 9.36 Å². The number of aliphatic hydroxyl groups is 1. The molecule has 0 aliphatic carbocycles. The summed E-state index contributed by atoms with van der Waals surface area (Å²) in [5, 5.41) is 13.6. The standard InChI is InChI=1S/C10H17N3O2S/c1-2-8-11-9(16-13-8)12-10(7-14)3-5-15-6-4-10/h14H,2-7H2,1H3,(H,11,12,13). The van der Waals surface area contributed by atoms with E-state index in [1.54, 1.807) is 0 Å². The molecule has 0 aromatic carbocycles. The monoisotopic (exact) mass is 243 g/mol. The van der Waals surface area contributed by atoms with Crippen LogP contribution in [0.2, 0.25) is 0 Å². The summed E-state index contributed by atoms with van der Waals surface area (Å²) in [5.41, 5.74) is -0.275. The largest absolute Gasteiger partial charge is 0.394 e. The van der Waals surface area contributed by atoms with Gasteiger partial charge in [0.05, 0.1) is 12.1 Å². The fourth-order valence-electron chi connectivity index (χ4n) is 1.76. The van der Waals surface area contributed by atoms with Crippen LogP contribution in [-0.2, 0) is 11.2 Å². The van der Waals surface area contributed by atoms with Gasteiger partial charge in [-0.1, -0.05) is 6.92 Å². The highest BCUT2D eigenvalue weighted by molar-refractivity contribution is 7.09. The van der Waals surface area contributed by atoms with Crippen LogP contribution in [0.15, 0.2) is 0 Å². The SMILES string of the molecule is CCc1nsc(NC2(CO)CCOCC2)n1. The lowest BCUT2D eigenvalue weighted by Gasteiger charge is -2.35. The first-order chi connectivity index (χ1) is 7.78. The summed E-state index contributed by atoms with van der Waals surface area (Å²) in [4.78, 5) is 4.36. The number of anilines is 1. The molecule has 0 radical (unpaired) electrons. The van der Waals surface area contributed by atoms with Crippen LogP contribution >= 0.6 is 11.5 Å². The van der Waals surface area contributed by atoms with Crippen molar-refractivity contribution in [2.45, 2.75) is 31.7 Å². The Hall–Kier alpha value is -0.720. The third-order valence-electron chi connectivity index (χ3n) is 2.91. The van der Waals surface area contributed by atoms with Crippen molar-refractivity contribution in [3.63, 3.8) is 0 Å². The Morgan fingerprint density at radius 1 is 1.50 bits per heavy atom. The van der Waals surface area contributed by atoms with Crippen LogP contribution in [0, 0.1) is 0 Å². The minimum Gasteiger partial charge on any atom is -0.394 e. The average molecular weight is 243 g/mol. The van der Waals surface area contributed by atoms with Crippen molar-refractivity contribution in [3.05, 3.63) is 5.82 Å². The number of hydrogen-bond acceptors (Lipinski definition) is 6. The Morgan fingerprint density at radius 2 is 2.25 bits per heavy atom. The van der Waals surface area contributed by atoms with Crippen molar-refractivity contribution in [2.24, 2.45) is 0 Å². The third-order valence-corrected chi connectivity index (χ3v) is 3.58. The summed E-state index contributed by atoms with van der Waals surface area (Å²) < 4.78 is 9.53. The number of aryl methyl sites for hydroxylation is 1. The fourth-order valence-corrected chi connectivity index (χ4v) is 2.53. The van der Waals surface area contributed by atoms with Crippen LogP contribution in [0.4, 0.5) is 5.13 Å². The Bertz CT molecular complexity index is 337. The molecule has 0 atom stereocenters. The molecular weight excluding hydrogens is 226 g/mol. The van der Waals surface area contributed by atoms with E-state index in [-0.39, 0.29) is 12.1 Å².